The van der Waals surface area contributed by atoms with Crippen LogP contribution in [-0.4, -0.2) is 4.57 Å². The van der Waals surface area contributed by atoms with Gasteiger partial charge in [0.05, 0.1) is 33.5 Å². The van der Waals surface area contributed by atoms with E-state index in [4.69, 9.17) is 0 Å². The van der Waals surface area contributed by atoms with Gasteiger partial charge in [-0.15, -0.1) is 0 Å². The molecule has 0 radical (unpaired) electrons. The second kappa shape index (κ2) is 13.6. The molecule has 0 atom stereocenters. The fourth-order valence-electron chi connectivity index (χ4n) is 11.5. The van der Waals surface area contributed by atoms with E-state index in [2.05, 4.69) is 240 Å². The van der Waals surface area contributed by atoms with Crippen molar-refractivity contribution in [1.82, 2.24) is 4.57 Å². The lowest BCUT2D eigenvalue weighted by atomic mass is 9.59. The minimum atomic E-state index is -0.511. The molecule has 2 nitrogen and oxygen atoms in total. The molecule has 0 saturated carbocycles. The van der Waals surface area contributed by atoms with Gasteiger partial charge in [-0.25, -0.2) is 0 Å². The molecule has 2 heterocycles. The number of para-hydroxylation sites is 1. The van der Waals surface area contributed by atoms with Crippen LogP contribution in [0.3, 0.4) is 0 Å². The van der Waals surface area contributed by atoms with Crippen LogP contribution in [0.25, 0.3) is 70.9 Å². The quantitative estimate of drug-likeness (QED) is 0.175. The van der Waals surface area contributed by atoms with Crippen molar-refractivity contribution in [1.29, 1.82) is 0 Å². The smallest absolute Gasteiger partial charge is 0.0735 e. The van der Waals surface area contributed by atoms with Crippen LogP contribution in [0.15, 0.2) is 240 Å². The summed E-state index contributed by atoms with van der Waals surface area (Å²) in [5.41, 5.74) is 14.3. The first-order valence-electron chi connectivity index (χ1n) is 22.1. The van der Waals surface area contributed by atoms with Crippen LogP contribution in [0.5, 0.6) is 0 Å². The Labute approximate surface area is 375 Å². The molecule has 0 fully saturated rings. The molecule has 1 spiro atoms. The van der Waals surface area contributed by atoms with Gasteiger partial charge in [-0.2, -0.15) is 0 Å². The van der Waals surface area contributed by atoms with Crippen molar-refractivity contribution >= 4 is 82.9 Å². The highest BCUT2D eigenvalue weighted by atomic mass is 32.2. The molecule has 298 valence electrons. The van der Waals surface area contributed by atoms with E-state index in [-0.39, 0.29) is 0 Å². The first-order valence-corrected chi connectivity index (χ1v) is 22.9. The highest BCUT2D eigenvalue weighted by molar-refractivity contribution is 7.99. The lowest BCUT2D eigenvalue weighted by Gasteiger charge is -2.46. The summed E-state index contributed by atoms with van der Waals surface area (Å²) >= 11 is 1.89. The molecule has 3 heteroatoms. The van der Waals surface area contributed by atoms with E-state index < -0.39 is 5.41 Å². The topological polar surface area (TPSA) is 8.17 Å². The van der Waals surface area contributed by atoms with Crippen molar-refractivity contribution in [2.45, 2.75) is 15.2 Å². The molecular weight excluding hydrogens is 793 g/mol. The van der Waals surface area contributed by atoms with Gasteiger partial charge in [0, 0.05) is 42.4 Å². The Kier molecular flexibility index (Phi) is 7.57. The average molecular weight is 831 g/mol. The van der Waals surface area contributed by atoms with Crippen LogP contribution < -0.4 is 4.90 Å². The van der Waals surface area contributed by atoms with Crippen LogP contribution >= 0.6 is 11.8 Å². The normalized spacial score (nSPS) is 13.4. The van der Waals surface area contributed by atoms with Crippen LogP contribution in [0, 0.1) is 0 Å². The summed E-state index contributed by atoms with van der Waals surface area (Å²) in [6.07, 6.45) is 0. The van der Waals surface area contributed by atoms with Crippen LogP contribution in [0.1, 0.15) is 22.3 Å². The summed E-state index contributed by atoms with van der Waals surface area (Å²) in [7, 11) is 0. The zero-order valence-electron chi connectivity index (χ0n) is 34.7. The molecule has 0 amide bonds. The van der Waals surface area contributed by atoms with Crippen molar-refractivity contribution in [3.8, 4) is 16.8 Å². The first-order chi connectivity index (χ1) is 31.8. The second-order valence-corrected chi connectivity index (χ2v) is 18.2. The average Bonchev–Trinajstić information content (AvgIpc) is 3.69. The van der Waals surface area contributed by atoms with E-state index in [9.17, 15) is 0 Å². The van der Waals surface area contributed by atoms with Gasteiger partial charge in [-0.3, -0.25) is 0 Å². The Morgan fingerprint density at radius 1 is 0.359 bits per heavy atom. The number of anilines is 3. The van der Waals surface area contributed by atoms with E-state index >= 15 is 0 Å². The minimum absolute atomic E-state index is 0.511. The first kappa shape index (κ1) is 35.7. The molecule has 1 aliphatic carbocycles. The molecule has 14 rings (SSSR count). The summed E-state index contributed by atoms with van der Waals surface area (Å²) in [5, 5.41) is 9.86. The predicted molar refractivity (Wildman–Crippen MR) is 269 cm³/mol. The van der Waals surface area contributed by atoms with E-state index in [0.717, 1.165) is 17.1 Å². The minimum Gasteiger partial charge on any atom is -0.309 e. The number of aromatic nitrogens is 1. The summed E-state index contributed by atoms with van der Waals surface area (Å²) in [4.78, 5) is 5.14. The largest absolute Gasteiger partial charge is 0.309 e. The molecule has 12 aromatic rings. The predicted octanol–water partition coefficient (Wildman–Crippen LogP) is 16.5. The van der Waals surface area contributed by atoms with Crippen molar-refractivity contribution in [3.63, 3.8) is 0 Å². The lowest BCUT2D eigenvalue weighted by molar-refractivity contribution is 0.707. The highest BCUT2D eigenvalue weighted by Crippen LogP contribution is 2.62. The highest BCUT2D eigenvalue weighted by Gasteiger charge is 2.48. The van der Waals surface area contributed by atoms with Crippen molar-refractivity contribution in [3.05, 3.63) is 253 Å². The number of hydrogen-bond acceptors (Lipinski definition) is 2. The molecule has 2 aliphatic rings. The summed E-state index contributed by atoms with van der Waals surface area (Å²) in [6.45, 7) is 0. The van der Waals surface area contributed by atoms with Crippen LogP contribution in [-0.2, 0) is 5.41 Å². The maximum atomic E-state index is 2.53. The third-order valence-electron chi connectivity index (χ3n) is 14.0. The van der Waals surface area contributed by atoms with Gasteiger partial charge >= 0.3 is 0 Å². The van der Waals surface area contributed by atoms with Gasteiger partial charge in [-0.05, 0) is 98.1 Å². The Balaban J connectivity index is 1.10. The zero-order chi connectivity index (χ0) is 41.9. The van der Waals surface area contributed by atoms with E-state index in [0.29, 0.717) is 0 Å². The number of benzene rings is 11. The Bertz CT molecular complexity index is 3860. The molecule has 0 saturated heterocycles. The van der Waals surface area contributed by atoms with Crippen LogP contribution in [0.2, 0.25) is 0 Å². The van der Waals surface area contributed by atoms with Gasteiger partial charge in [0.25, 0.3) is 0 Å². The molecule has 0 unspecified atom stereocenters. The summed E-state index contributed by atoms with van der Waals surface area (Å²) < 4.78 is 2.48. The standard InChI is InChI=1S/C61H38N2S/c1-3-20-42-39(16-1)18-13-30-53(42)62(41-34-35-46-45-23-6-10-29-55(45)63(57(46)38-41)54-31-14-19-40-17-2-4-21-43(40)54)56-37-36-47-44-22-5-7-25-49(44)61(52-28-15-24-48(56)60(47)52)50-26-8-11-32-58(50)64-59-33-12-9-27-51(59)61/h1-38H. The Morgan fingerprint density at radius 2 is 0.922 bits per heavy atom. The van der Waals surface area contributed by atoms with Gasteiger partial charge in [0.1, 0.15) is 0 Å². The molecular formula is C61H38N2S. The van der Waals surface area contributed by atoms with Crippen molar-refractivity contribution in [2.75, 3.05) is 4.90 Å². The number of nitrogens with zero attached hydrogens (tertiary/aromatic N) is 2. The number of hydrogen-bond donors (Lipinski definition) is 0. The third-order valence-corrected chi connectivity index (χ3v) is 15.2. The maximum absolute atomic E-state index is 2.53. The van der Waals surface area contributed by atoms with Crippen molar-refractivity contribution < 1.29 is 0 Å². The van der Waals surface area contributed by atoms with Gasteiger partial charge < -0.3 is 9.47 Å². The second-order valence-electron chi connectivity index (χ2n) is 17.1. The molecule has 1 aliphatic heterocycles. The van der Waals surface area contributed by atoms with E-state index in [1.165, 1.54) is 103 Å². The number of fused-ring (bicyclic) bond motifs is 13. The van der Waals surface area contributed by atoms with E-state index in [1.807, 2.05) is 11.8 Å². The summed E-state index contributed by atoms with van der Waals surface area (Å²) in [5.74, 6) is 0. The van der Waals surface area contributed by atoms with Crippen molar-refractivity contribution in [2.24, 2.45) is 0 Å². The zero-order valence-corrected chi connectivity index (χ0v) is 35.6. The Morgan fingerprint density at radius 3 is 1.73 bits per heavy atom. The fourth-order valence-corrected chi connectivity index (χ4v) is 12.7. The SMILES string of the molecule is c1ccc2c(c1)Sc1ccccc1C21c2ccccc2-c2ccc(N(c3ccc4c5ccccc5n(-c5cccc6ccccc56)c4c3)c3cccc4ccccc34)c3cccc1c23. The molecule has 1 aromatic heterocycles. The lowest BCUT2D eigenvalue weighted by Crippen LogP contribution is -2.36. The van der Waals surface area contributed by atoms with Gasteiger partial charge in [-0.1, -0.05) is 194 Å². The molecule has 11 aromatic carbocycles. The molecule has 64 heavy (non-hydrogen) atoms. The molecule has 0 bridgehead atoms. The summed E-state index contributed by atoms with van der Waals surface area (Å²) in [6, 6.07) is 86.1. The number of rotatable bonds is 4. The van der Waals surface area contributed by atoms with Gasteiger partial charge in [0.15, 0.2) is 0 Å². The third kappa shape index (κ3) is 4.82. The maximum Gasteiger partial charge on any atom is 0.0735 e. The molecule has 0 N–H and O–H groups in total. The fraction of sp³-hybridized carbons (Fsp3) is 0.0164. The van der Waals surface area contributed by atoms with E-state index in [1.54, 1.807) is 0 Å². The monoisotopic (exact) mass is 830 g/mol. The van der Waals surface area contributed by atoms with Gasteiger partial charge in [0.2, 0.25) is 0 Å². The van der Waals surface area contributed by atoms with Crippen LogP contribution in [0.4, 0.5) is 17.1 Å². The Hall–Kier alpha value is -7.85.